The van der Waals surface area contributed by atoms with Gasteiger partial charge in [0.05, 0.1) is 12.7 Å². The van der Waals surface area contributed by atoms with Crippen molar-refractivity contribution in [1.29, 1.82) is 0 Å². The highest BCUT2D eigenvalue weighted by atomic mass is 127. The van der Waals surface area contributed by atoms with Crippen LogP contribution in [-0.4, -0.2) is 74.9 Å². The first-order valence-electron chi connectivity index (χ1n) is 11.2. The van der Waals surface area contributed by atoms with Gasteiger partial charge >= 0.3 is 5.97 Å². The number of halogens is 1. The van der Waals surface area contributed by atoms with Gasteiger partial charge in [-0.15, -0.1) is 24.0 Å². The molecule has 7 nitrogen and oxygen atoms in total. The first-order chi connectivity index (χ1) is 13.7. The Hall–Kier alpha value is -0.610. The molecule has 0 radical (unpaired) electrons. The van der Waals surface area contributed by atoms with E-state index in [9.17, 15) is 4.79 Å². The molecule has 0 aromatic carbocycles. The average molecular weight is 541 g/mol. The largest absolute Gasteiger partial charge is 0.460 e. The summed E-state index contributed by atoms with van der Waals surface area (Å²) in [5, 5.41) is 6.74. The van der Waals surface area contributed by atoms with Crippen LogP contribution in [0.5, 0.6) is 0 Å². The van der Waals surface area contributed by atoms with Gasteiger partial charge < -0.3 is 20.1 Å². The van der Waals surface area contributed by atoms with E-state index < -0.39 is 0 Å². The first-order valence-corrected chi connectivity index (χ1v) is 11.2. The minimum Gasteiger partial charge on any atom is -0.460 e. The minimum atomic E-state index is -0.390. The monoisotopic (exact) mass is 540 g/mol. The van der Waals surface area contributed by atoms with E-state index in [2.05, 4.69) is 34.4 Å². The van der Waals surface area contributed by atoms with E-state index in [-0.39, 0.29) is 41.7 Å². The maximum Gasteiger partial charge on any atom is 0.306 e. The third-order valence-electron chi connectivity index (χ3n) is 4.59. The summed E-state index contributed by atoms with van der Waals surface area (Å²) < 4.78 is 11.2. The molecule has 1 aliphatic rings. The molecule has 1 heterocycles. The number of esters is 1. The molecule has 2 N–H and O–H groups in total. The molecule has 0 spiro atoms. The molecule has 1 unspecified atom stereocenters. The Kier molecular flexibility index (Phi) is 15.8. The van der Waals surface area contributed by atoms with Crippen LogP contribution in [0.2, 0.25) is 0 Å². The van der Waals surface area contributed by atoms with E-state index in [1.807, 2.05) is 20.8 Å². The Balaban J connectivity index is 0.00000841. The summed E-state index contributed by atoms with van der Waals surface area (Å²) in [6.07, 6.45) is 4.76. The molecule has 8 heteroatoms. The first kappa shape index (κ1) is 29.4. The molecule has 0 aliphatic carbocycles. The molecule has 1 aliphatic heterocycles. The zero-order valence-electron chi connectivity index (χ0n) is 20.0. The predicted octanol–water partition coefficient (Wildman–Crippen LogP) is 3.42. The third kappa shape index (κ3) is 15.2. The van der Waals surface area contributed by atoms with Gasteiger partial charge in [0.25, 0.3) is 0 Å². The molecule has 0 bridgehead atoms. The summed E-state index contributed by atoms with van der Waals surface area (Å²) in [5.41, 5.74) is -0.390. The second-order valence-electron chi connectivity index (χ2n) is 9.28. The fraction of sp³-hybridized carbons (Fsp3) is 0.909. The smallest absolute Gasteiger partial charge is 0.306 e. The minimum absolute atomic E-state index is 0. The maximum absolute atomic E-state index is 11.7. The lowest BCUT2D eigenvalue weighted by Gasteiger charge is -2.34. The van der Waals surface area contributed by atoms with Gasteiger partial charge in [-0.05, 0) is 39.5 Å². The van der Waals surface area contributed by atoms with E-state index in [0.717, 1.165) is 71.0 Å². The van der Waals surface area contributed by atoms with Gasteiger partial charge in [-0.1, -0.05) is 26.7 Å². The number of hydrogen-bond acceptors (Lipinski definition) is 5. The number of carbonyl (C=O) groups is 1. The second kappa shape index (κ2) is 16.1. The number of aliphatic imine (C=N–C) groups is 1. The van der Waals surface area contributed by atoms with Crippen molar-refractivity contribution >= 4 is 35.9 Å². The van der Waals surface area contributed by atoms with Gasteiger partial charge in [0.2, 0.25) is 0 Å². The summed E-state index contributed by atoms with van der Waals surface area (Å²) in [7, 11) is 1.79. The van der Waals surface area contributed by atoms with Gasteiger partial charge in [-0.25, -0.2) is 0 Å². The van der Waals surface area contributed by atoms with E-state index >= 15 is 0 Å². The van der Waals surface area contributed by atoms with Gasteiger partial charge in [0.1, 0.15) is 5.60 Å². The average Bonchev–Trinajstić information content (AvgIpc) is 2.61. The zero-order valence-corrected chi connectivity index (χ0v) is 22.3. The molecule has 1 saturated heterocycles. The van der Waals surface area contributed by atoms with Gasteiger partial charge in [0.15, 0.2) is 5.96 Å². The van der Waals surface area contributed by atoms with Crippen LogP contribution in [0.15, 0.2) is 4.99 Å². The van der Waals surface area contributed by atoms with E-state index in [0.29, 0.717) is 12.3 Å². The van der Waals surface area contributed by atoms with Crippen molar-refractivity contribution in [2.24, 2.45) is 10.9 Å². The van der Waals surface area contributed by atoms with Crippen LogP contribution in [0.25, 0.3) is 0 Å². The molecule has 30 heavy (non-hydrogen) atoms. The van der Waals surface area contributed by atoms with Crippen LogP contribution in [0, 0.1) is 5.92 Å². The van der Waals surface area contributed by atoms with Crippen molar-refractivity contribution in [2.75, 3.05) is 46.4 Å². The Morgan fingerprint density at radius 3 is 2.53 bits per heavy atom. The molecule has 1 rings (SSSR count). The Morgan fingerprint density at radius 1 is 1.20 bits per heavy atom. The number of morpholine rings is 1. The number of carbonyl (C=O) groups excluding carboxylic acids is 1. The molecule has 1 atom stereocenters. The Bertz CT molecular complexity index is 495. The lowest BCUT2D eigenvalue weighted by Crippen LogP contribution is -2.50. The quantitative estimate of drug-likeness (QED) is 0.138. The molecular weight excluding hydrogens is 495 g/mol. The maximum atomic E-state index is 11.7. The number of ether oxygens (including phenoxy) is 2. The highest BCUT2D eigenvalue weighted by molar-refractivity contribution is 14.0. The molecule has 0 aromatic heterocycles. The lowest BCUT2D eigenvalue weighted by molar-refractivity contribution is -0.154. The Labute approximate surface area is 201 Å². The van der Waals surface area contributed by atoms with Crippen molar-refractivity contribution in [3.8, 4) is 0 Å². The zero-order chi connectivity index (χ0) is 21.7. The topological polar surface area (TPSA) is 75.2 Å². The molecule has 0 aromatic rings. The van der Waals surface area contributed by atoms with E-state index in [4.69, 9.17) is 9.47 Å². The summed E-state index contributed by atoms with van der Waals surface area (Å²) >= 11 is 0. The van der Waals surface area contributed by atoms with Crippen LogP contribution in [0.4, 0.5) is 0 Å². The van der Waals surface area contributed by atoms with Crippen LogP contribution >= 0.6 is 24.0 Å². The van der Waals surface area contributed by atoms with Crippen molar-refractivity contribution in [3.05, 3.63) is 0 Å². The summed E-state index contributed by atoms with van der Waals surface area (Å²) in [6.45, 7) is 15.8. The second-order valence-corrected chi connectivity index (χ2v) is 9.28. The van der Waals surface area contributed by atoms with Gasteiger partial charge in [0, 0.05) is 46.2 Å². The number of guanidine groups is 1. The van der Waals surface area contributed by atoms with Crippen LogP contribution in [0.3, 0.4) is 0 Å². The highest BCUT2D eigenvalue weighted by Crippen LogP contribution is 2.11. The van der Waals surface area contributed by atoms with Crippen LogP contribution in [-0.2, 0) is 14.3 Å². The van der Waals surface area contributed by atoms with Crippen LogP contribution in [0.1, 0.15) is 66.7 Å². The summed E-state index contributed by atoms with van der Waals surface area (Å²) in [4.78, 5) is 18.5. The molecule has 1 fully saturated rings. The van der Waals surface area contributed by atoms with Crippen molar-refractivity contribution in [2.45, 2.75) is 78.4 Å². The molecule has 0 amide bonds. The van der Waals surface area contributed by atoms with Gasteiger partial charge in [-0.2, -0.15) is 0 Å². The fourth-order valence-corrected chi connectivity index (χ4v) is 3.36. The number of hydrogen-bond donors (Lipinski definition) is 2. The summed E-state index contributed by atoms with van der Waals surface area (Å²) in [5.74, 6) is 1.40. The number of nitrogens with zero attached hydrogens (tertiary/aromatic N) is 2. The SMILES string of the molecule is CN=C(NCCCCCCC(=O)OC(C)(C)C)NCC1CN(CC(C)C)CCO1.I. The number of nitrogens with one attached hydrogen (secondary N) is 2. The van der Waals surface area contributed by atoms with Crippen molar-refractivity contribution in [3.63, 3.8) is 0 Å². The third-order valence-corrected chi connectivity index (χ3v) is 4.59. The summed E-state index contributed by atoms with van der Waals surface area (Å²) in [6, 6.07) is 0. The normalized spacial score (nSPS) is 18.1. The van der Waals surface area contributed by atoms with E-state index in [1.54, 1.807) is 7.05 Å². The van der Waals surface area contributed by atoms with Crippen molar-refractivity contribution < 1.29 is 14.3 Å². The van der Waals surface area contributed by atoms with Crippen molar-refractivity contribution in [1.82, 2.24) is 15.5 Å². The molecule has 178 valence electrons. The Morgan fingerprint density at radius 2 is 1.90 bits per heavy atom. The lowest BCUT2D eigenvalue weighted by atomic mass is 10.1. The van der Waals surface area contributed by atoms with Gasteiger partial charge in [-0.3, -0.25) is 14.7 Å². The number of unbranched alkanes of at least 4 members (excludes halogenated alkanes) is 3. The molecular formula is C22H45IN4O3. The van der Waals surface area contributed by atoms with E-state index in [1.165, 1.54) is 0 Å². The standard InChI is InChI=1S/C22H44N4O3.HI/c1-18(2)16-26-13-14-28-19(17-26)15-25-21(23-6)24-12-10-8-7-9-11-20(27)29-22(3,4)5;/h18-19H,7-17H2,1-6H3,(H2,23,24,25);1H. The predicted molar refractivity (Wildman–Crippen MR) is 135 cm³/mol. The highest BCUT2D eigenvalue weighted by Gasteiger charge is 2.21. The van der Waals surface area contributed by atoms with Crippen LogP contribution < -0.4 is 10.6 Å². The molecule has 0 saturated carbocycles. The fourth-order valence-electron chi connectivity index (χ4n) is 3.36. The number of rotatable bonds is 11.